The number of rotatable bonds is 4. The SMILES string of the molecule is O=C(N/N=C/c1ccc(-c2cccc(Cl)c2)o1)c1ccccc1. The summed E-state index contributed by atoms with van der Waals surface area (Å²) in [5.41, 5.74) is 3.88. The van der Waals surface area contributed by atoms with Crippen LogP contribution in [0.15, 0.2) is 76.2 Å². The van der Waals surface area contributed by atoms with Crippen LogP contribution in [0, 0.1) is 0 Å². The molecule has 0 spiro atoms. The smallest absolute Gasteiger partial charge is 0.271 e. The lowest BCUT2D eigenvalue weighted by Crippen LogP contribution is -2.17. The van der Waals surface area contributed by atoms with Gasteiger partial charge in [0.1, 0.15) is 11.5 Å². The summed E-state index contributed by atoms with van der Waals surface area (Å²) in [4.78, 5) is 11.8. The Balaban J connectivity index is 1.66. The third-order valence-corrected chi connectivity index (χ3v) is 3.36. The lowest BCUT2D eigenvalue weighted by atomic mass is 10.2. The van der Waals surface area contributed by atoms with Gasteiger partial charge in [0.15, 0.2) is 0 Å². The van der Waals surface area contributed by atoms with Gasteiger partial charge in [0.25, 0.3) is 5.91 Å². The van der Waals surface area contributed by atoms with Crippen LogP contribution in [0.4, 0.5) is 0 Å². The molecule has 0 fully saturated rings. The van der Waals surface area contributed by atoms with Crippen molar-refractivity contribution in [2.75, 3.05) is 0 Å². The summed E-state index contributed by atoms with van der Waals surface area (Å²) in [6, 6.07) is 19.8. The van der Waals surface area contributed by atoms with Crippen molar-refractivity contribution >= 4 is 23.7 Å². The molecular formula is C18H13ClN2O2. The molecular weight excluding hydrogens is 312 g/mol. The number of nitrogens with one attached hydrogen (secondary N) is 1. The maximum absolute atomic E-state index is 11.8. The largest absolute Gasteiger partial charge is 0.455 e. The van der Waals surface area contributed by atoms with Gasteiger partial charge >= 0.3 is 0 Å². The van der Waals surface area contributed by atoms with E-state index in [0.29, 0.717) is 22.1 Å². The molecule has 0 atom stereocenters. The predicted octanol–water partition coefficient (Wildman–Crippen LogP) is 4.36. The lowest BCUT2D eigenvalue weighted by Gasteiger charge is -1.98. The van der Waals surface area contributed by atoms with Crippen molar-refractivity contribution in [1.29, 1.82) is 0 Å². The van der Waals surface area contributed by atoms with E-state index < -0.39 is 0 Å². The molecule has 5 heteroatoms. The molecule has 1 aromatic heterocycles. The van der Waals surface area contributed by atoms with Gasteiger partial charge < -0.3 is 4.42 Å². The number of hydrogen-bond donors (Lipinski definition) is 1. The fourth-order valence-electron chi connectivity index (χ4n) is 2.03. The Morgan fingerprint density at radius 2 is 1.87 bits per heavy atom. The fourth-order valence-corrected chi connectivity index (χ4v) is 2.22. The van der Waals surface area contributed by atoms with Crippen LogP contribution in [-0.4, -0.2) is 12.1 Å². The molecule has 4 nitrogen and oxygen atoms in total. The van der Waals surface area contributed by atoms with Gasteiger partial charge in [-0.25, -0.2) is 5.43 Å². The maximum atomic E-state index is 11.8. The van der Waals surface area contributed by atoms with E-state index in [4.69, 9.17) is 16.0 Å². The molecule has 1 N–H and O–H groups in total. The fraction of sp³-hybridized carbons (Fsp3) is 0. The van der Waals surface area contributed by atoms with Crippen LogP contribution in [0.2, 0.25) is 5.02 Å². The summed E-state index contributed by atoms with van der Waals surface area (Å²) >= 11 is 5.96. The van der Waals surface area contributed by atoms with E-state index in [0.717, 1.165) is 5.56 Å². The minimum atomic E-state index is -0.275. The first kappa shape index (κ1) is 15.1. The Morgan fingerprint density at radius 1 is 1.04 bits per heavy atom. The van der Waals surface area contributed by atoms with Crippen LogP contribution in [0.25, 0.3) is 11.3 Å². The van der Waals surface area contributed by atoms with Gasteiger partial charge in [-0.15, -0.1) is 0 Å². The number of carbonyl (C=O) groups is 1. The van der Waals surface area contributed by atoms with E-state index >= 15 is 0 Å². The molecule has 114 valence electrons. The quantitative estimate of drug-likeness (QED) is 0.572. The second kappa shape index (κ2) is 6.94. The van der Waals surface area contributed by atoms with Crippen LogP contribution in [0.3, 0.4) is 0 Å². The van der Waals surface area contributed by atoms with Gasteiger partial charge in [0, 0.05) is 16.1 Å². The standard InChI is InChI=1S/C18H13ClN2O2/c19-15-8-4-7-14(11-15)17-10-9-16(23-17)12-20-21-18(22)13-5-2-1-3-6-13/h1-12H,(H,21,22)/b20-12+. The van der Waals surface area contributed by atoms with Crippen molar-refractivity contribution in [2.45, 2.75) is 0 Å². The highest BCUT2D eigenvalue weighted by atomic mass is 35.5. The van der Waals surface area contributed by atoms with Crippen molar-refractivity contribution in [3.63, 3.8) is 0 Å². The van der Waals surface area contributed by atoms with Gasteiger partial charge in [-0.1, -0.05) is 41.9 Å². The molecule has 3 aromatic rings. The van der Waals surface area contributed by atoms with Gasteiger partial charge in [0.05, 0.1) is 6.21 Å². The molecule has 23 heavy (non-hydrogen) atoms. The van der Waals surface area contributed by atoms with Crippen molar-refractivity contribution < 1.29 is 9.21 Å². The monoisotopic (exact) mass is 324 g/mol. The number of hydrogen-bond acceptors (Lipinski definition) is 3. The highest BCUT2D eigenvalue weighted by Gasteiger charge is 2.05. The minimum Gasteiger partial charge on any atom is -0.455 e. The van der Waals surface area contributed by atoms with E-state index in [9.17, 15) is 4.79 Å². The van der Waals surface area contributed by atoms with Gasteiger partial charge in [0.2, 0.25) is 0 Å². The Labute approximate surface area is 138 Å². The number of benzene rings is 2. The van der Waals surface area contributed by atoms with Gasteiger partial charge in [-0.05, 0) is 36.4 Å². The van der Waals surface area contributed by atoms with Crippen molar-refractivity contribution in [2.24, 2.45) is 5.10 Å². The molecule has 0 aliphatic carbocycles. The van der Waals surface area contributed by atoms with E-state index in [1.165, 1.54) is 6.21 Å². The van der Waals surface area contributed by atoms with Gasteiger partial charge in [-0.2, -0.15) is 5.10 Å². The molecule has 0 bridgehead atoms. The van der Waals surface area contributed by atoms with Crippen LogP contribution < -0.4 is 5.43 Å². The minimum absolute atomic E-state index is 0.275. The Hall–Kier alpha value is -2.85. The summed E-state index contributed by atoms with van der Waals surface area (Å²) in [5.74, 6) is 0.945. The van der Waals surface area contributed by atoms with E-state index in [2.05, 4.69) is 10.5 Å². The summed E-state index contributed by atoms with van der Waals surface area (Å²) in [6.45, 7) is 0. The summed E-state index contributed by atoms with van der Waals surface area (Å²) < 4.78 is 5.65. The number of nitrogens with zero attached hydrogens (tertiary/aromatic N) is 1. The Kier molecular flexibility index (Phi) is 4.54. The number of amides is 1. The topological polar surface area (TPSA) is 54.6 Å². The normalized spacial score (nSPS) is 10.8. The Morgan fingerprint density at radius 3 is 2.65 bits per heavy atom. The molecule has 0 saturated carbocycles. The van der Waals surface area contributed by atoms with E-state index in [-0.39, 0.29) is 5.91 Å². The summed E-state index contributed by atoms with van der Waals surface area (Å²) in [5, 5.41) is 4.54. The number of carbonyl (C=O) groups excluding carboxylic acids is 1. The lowest BCUT2D eigenvalue weighted by molar-refractivity contribution is 0.0955. The second-order valence-electron chi connectivity index (χ2n) is 4.78. The third-order valence-electron chi connectivity index (χ3n) is 3.13. The predicted molar refractivity (Wildman–Crippen MR) is 90.7 cm³/mol. The molecule has 0 saturated heterocycles. The number of furan rings is 1. The highest BCUT2D eigenvalue weighted by molar-refractivity contribution is 6.30. The van der Waals surface area contributed by atoms with E-state index in [1.54, 1.807) is 36.4 Å². The molecule has 0 unspecified atom stereocenters. The first-order valence-corrected chi connectivity index (χ1v) is 7.34. The second-order valence-corrected chi connectivity index (χ2v) is 5.21. The van der Waals surface area contributed by atoms with Crippen molar-refractivity contribution in [1.82, 2.24) is 5.43 Å². The molecule has 0 aliphatic rings. The first-order chi connectivity index (χ1) is 11.2. The van der Waals surface area contributed by atoms with Crippen LogP contribution in [0.1, 0.15) is 16.1 Å². The molecule has 0 radical (unpaired) electrons. The van der Waals surface area contributed by atoms with Crippen LogP contribution >= 0.6 is 11.6 Å². The molecule has 1 amide bonds. The van der Waals surface area contributed by atoms with Gasteiger partial charge in [-0.3, -0.25) is 4.79 Å². The van der Waals surface area contributed by atoms with E-state index in [1.807, 2.05) is 30.3 Å². The van der Waals surface area contributed by atoms with Crippen molar-refractivity contribution in [3.8, 4) is 11.3 Å². The zero-order valence-electron chi connectivity index (χ0n) is 12.1. The average molecular weight is 325 g/mol. The van der Waals surface area contributed by atoms with Crippen LogP contribution in [-0.2, 0) is 0 Å². The summed E-state index contributed by atoms with van der Waals surface area (Å²) in [7, 11) is 0. The first-order valence-electron chi connectivity index (χ1n) is 6.96. The summed E-state index contributed by atoms with van der Waals surface area (Å²) in [6.07, 6.45) is 1.45. The molecule has 2 aromatic carbocycles. The average Bonchev–Trinajstić information content (AvgIpc) is 3.04. The Bertz CT molecular complexity index is 841. The zero-order valence-corrected chi connectivity index (χ0v) is 12.8. The third kappa shape index (κ3) is 3.87. The maximum Gasteiger partial charge on any atom is 0.271 e. The zero-order chi connectivity index (χ0) is 16.1. The molecule has 3 rings (SSSR count). The van der Waals surface area contributed by atoms with Crippen LogP contribution in [0.5, 0.6) is 0 Å². The van der Waals surface area contributed by atoms with Crippen molar-refractivity contribution in [3.05, 3.63) is 83.1 Å². The molecule has 0 aliphatic heterocycles. The number of hydrazone groups is 1. The highest BCUT2D eigenvalue weighted by Crippen LogP contribution is 2.24. The molecule has 1 heterocycles. The number of halogens is 1.